The summed E-state index contributed by atoms with van der Waals surface area (Å²) >= 11 is 0. The van der Waals surface area contributed by atoms with Gasteiger partial charge in [-0.05, 0) is 30.7 Å². The van der Waals surface area contributed by atoms with Gasteiger partial charge in [-0.15, -0.1) is 0 Å². The number of carbonyl (C=O) groups excluding carboxylic acids is 1. The highest BCUT2D eigenvalue weighted by molar-refractivity contribution is 5.93. The van der Waals surface area contributed by atoms with Gasteiger partial charge in [0.05, 0.1) is 12.2 Å². The molecule has 19 heavy (non-hydrogen) atoms. The summed E-state index contributed by atoms with van der Waals surface area (Å²) in [6.45, 7) is 3.34. The molecule has 0 aliphatic heterocycles. The first kappa shape index (κ1) is 13.8. The van der Waals surface area contributed by atoms with Crippen LogP contribution in [0.1, 0.15) is 35.9 Å². The van der Waals surface area contributed by atoms with Crippen LogP contribution in [0, 0.1) is 11.8 Å². The topological polar surface area (TPSA) is 77.5 Å². The van der Waals surface area contributed by atoms with Crippen molar-refractivity contribution in [3.63, 3.8) is 0 Å². The minimum atomic E-state index is -0.360. The normalized spacial score (nSPS) is 22.4. The van der Waals surface area contributed by atoms with Gasteiger partial charge in [0.15, 0.2) is 0 Å². The van der Waals surface area contributed by atoms with Crippen LogP contribution in [0.15, 0.2) is 28.9 Å². The molecule has 0 saturated carbocycles. The molecular formula is C14H20N2O3. The molecule has 0 saturated heterocycles. The monoisotopic (exact) mass is 264 g/mol. The molecule has 1 aromatic heterocycles. The highest BCUT2D eigenvalue weighted by Gasteiger charge is 2.18. The molecule has 1 heterocycles. The molecule has 5 nitrogen and oxygen atoms in total. The van der Waals surface area contributed by atoms with E-state index in [0.29, 0.717) is 36.4 Å². The maximum atomic E-state index is 11.2. The summed E-state index contributed by atoms with van der Waals surface area (Å²) in [7, 11) is 0. The number of nitrogen functional groups attached to an aromatic ring is 1. The first-order chi connectivity index (χ1) is 9.20. The van der Waals surface area contributed by atoms with E-state index in [-0.39, 0.29) is 5.91 Å². The Morgan fingerprint density at radius 3 is 3.05 bits per heavy atom. The van der Waals surface area contributed by atoms with Crippen LogP contribution in [0.5, 0.6) is 0 Å². The number of carbonyl (C=O) groups is 1. The van der Waals surface area contributed by atoms with Crippen molar-refractivity contribution in [3.05, 3.63) is 35.8 Å². The predicted molar refractivity (Wildman–Crippen MR) is 71.0 cm³/mol. The van der Waals surface area contributed by atoms with Crippen molar-refractivity contribution in [3.8, 4) is 0 Å². The third-order valence-electron chi connectivity index (χ3n) is 3.54. The molecule has 1 amide bonds. The van der Waals surface area contributed by atoms with Gasteiger partial charge in [0.25, 0.3) is 5.91 Å². The fourth-order valence-electron chi connectivity index (χ4n) is 2.21. The molecule has 1 aliphatic rings. The Hall–Kier alpha value is -1.59. The van der Waals surface area contributed by atoms with Gasteiger partial charge in [0, 0.05) is 0 Å². The van der Waals surface area contributed by atoms with Gasteiger partial charge < -0.3 is 9.15 Å². The van der Waals surface area contributed by atoms with Crippen molar-refractivity contribution in [2.24, 2.45) is 17.7 Å². The molecule has 2 unspecified atom stereocenters. The van der Waals surface area contributed by atoms with Crippen LogP contribution in [-0.2, 0) is 11.3 Å². The second-order valence-corrected chi connectivity index (χ2v) is 4.97. The van der Waals surface area contributed by atoms with E-state index in [2.05, 4.69) is 24.5 Å². The molecule has 0 aromatic carbocycles. The highest BCUT2D eigenvalue weighted by atomic mass is 16.5. The summed E-state index contributed by atoms with van der Waals surface area (Å²) < 4.78 is 10.9. The van der Waals surface area contributed by atoms with Gasteiger partial charge in [0.2, 0.25) is 0 Å². The maximum absolute atomic E-state index is 11.2. The first-order valence-electron chi connectivity index (χ1n) is 6.51. The maximum Gasteiger partial charge on any atom is 0.268 e. The number of amides is 1. The predicted octanol–water partition coefficient (Wildman–Crippen LogP) is 2.00. The van der Waals surface area contributed by atoms with Gasteiger partial charge in [-0.3, -0.25) is 10.2 Å². The number of furan rings is 1. The summed E-state index contributed by atoms with van der Waals surface area (Å²) in [5.41, 5.74) is 2.47. The average molecular weight is 264 g/mol. The lowest BCUT2D eigenvalue weighted by Crippen LogP contribution is -2.29. The lowest BCUT2D eigenvalue weighted by molar-refractivity contribution is 0.0583. The average Bonchev–Trinajstić information content (AvgIpc) is 2.89. The minimum absolute atomic E-state index is 0.360. The number of nitrogens with one attached hydrogen (secondary N) is 1. The molecule has 0 fully saturated rings. The van der Waals surface area contributed by atoms with Crippen LogP contribution in [0.4, 0.5) is 0 Å². The molecule has 1 aromatic rings. The molecule has 3 N–H and O–H groups in total. The SMILES string of the molecule is CC1CC=CCC1COCc1cc(C(=O)NN)co1. The summed E-state index contributed by atoms with van der Waals surface area (Å²) in [6, 6.07) is 1.65. The summed E-state index contributed by atoms with van der Waals surface area (Å²) in [5.74, 6) is 6.54. The van der Waals surface area contributed by atoms with E-state index in [4.69, 9.17) is 15.0 Å². The lowest BCUT2D eigenvalue weighted by Gasteiger charge is -2.24. The second-order valence-electron chi connectivity index (χ2n) is 4.97. The molecule has 0 radical (unpaired) electrons. The van der Waals surface area contributed by atoms with E-state index in [0.717, 1.165) is 12.8 Å². The van der Waals surface area contributed by atoms with E-state index < -0.39 is 0 Å². The molecule has 2 rings (SSSR count). The summed E-state index contributed by atoms with van der Waals surface area (Å²) in [4.78, 5) is 11.2. The third-order valence-corrected chi connectivity index (χ3v) is 3.54. The number of allylic oxidation sites excluding steroid dienone is 2. The molecular weight excluding hydrogens is 244 g/mol. The molecule has 1 aliphatic carbocycles. The third kappa shape index (κ3) is 3.68. The van der Waals surface area contributed by atoms with Crippen LogP contribution >= 0.6 is 0 Å². The van der Waals surface area contributed by atoms with Crippen LogP contribution < -0.4 is 11.3 Å². The van der Waals surface area contributed by atoms with Crippen LogP contribution in [0.25, 0.3) is 0 Å². The summed E-state index contributed by atoms with van der Waals surface area (Å²) in [5, 5.41) is 0. The Bertz CT molecular complexity index is 453. The van der Waals surface area contributed by atoms with Crippen LogP contribution in [0.2, 0.25) is 0 Å². The lowest BCUT2D eigenvalue weighted by atomic mass is 9.85. The number of hydrogen-bond donors (Lipinski definition) is 2. The van der Waals surface area contributed by atoms with E-state index in [1.807, 2.05) is 0 Å². The molecule has 0 spiro atoms. The quantitative estimate of drug-likeness (QED) is 0.369. The van der Waals surface area contributed by atoms with Crippen LogP contribution in [-0.4, -0.2) is 12.5 Å². The molecule has 2 atom stereocenters. The van der Waals surface area contributed by atoms with Crippen molar-refractivity contribution in [1.29, 1.82) is 0 Å². The molecule has 5 heteroatoms. The van der Waals surface area contributed by atoms with E-state index in [1.54, 1.807) is 6.07 Å². The van der Waals surface area contributed by atoms with Crippen molar-refractivity contribution in [1.82, 2.24) is 5.43 Å². The van der Waals surface area contributed by atoms with Gasteiger partial charge in [-0.1, -0.05) is 19.1 Å². The largest absolute Gasteiger partial charge is 0.466 e. The van der Waals surface area contributed by atoms with Crippen molar-refractivity contribution in [2.45, 2.75) is 26.4 Å². The minimum Gasteiger partial charge on any atom is -0.466 e. The Balaban J connectivity index is 1.78. The first-order valence-corrected chi connectivity index (χ1v) is 6.51. The van der Waals surface area contributed by atoms with Crippen molar-refractivity contribution >= 4 is 5.91 Å². The zero-order valence-electron chi connectivity index (χ0n) is 11.1. The smallest absolute Gasteiger partial charge is 0.268 e. The number of nitrogens with two attached hydrogens (primary N) is 1. The molecule has 0 bridgehead atoms. The summed E-state index contributed by atoms with van der Waals surface area (Å²) in [6.07, 6.45) is 8.01. The van der Waals surface area contributed by atoms with Gasteiger partial charge >= 0.3 is 0 Å². The zero-order valence-corrected chi connectivity index (χ0v) is 11.1. The number of hydrogen-bond acceptors (Lipinski definition) is 4. The Labute approximate surface area is 112 Å². The van der Waals surface area contributed by atoms with E-state index >= 15 is 0 Å². The second kappa shape index (κ2) is 6.54. The number of rotatable bonds is 5. The zero-order chi connectivity index (χ0) is 13.7. The van der Waals surface area contributed by atoms with E-state index in [9.17, 15) is 4.79 Å². The highest BCUT2D eigenvalue weighted by Crippen LogP contribution is 2.25. The van der Waals surface area contributed by atoms with E-state index in [1.165, 1.54) is 6.26 Å². The Morgan fingerprint density at radius 1 is 1.53 bits per heavy atom. The Kier molecular flexibility index (Phi) is 4.76. The Morgan fingerprint density at radius 2 is 2.32 bits per heavy atom. The number of hydrazine groups is 1. The fourth-order valence-corrected chi connectivity index (χ4v) is 2.21. The van der Waals surface area contributed by atoms with Gasteiger partial charge in [0.1, 0.15) is 18.6 Å². The van der Waals surface area contributed by atoms with Crippen molar-refractivity contribution < 1.29 is 13.9 Å². The molecule has 104 valence electrons. The van der Waals surface area contributed by atoms with Crippen molar-refractivity contribution in [2.75, 3.05) is 6.61 Å². The van der Waals surface area contributed by atoms with Gasteiger partial charge in [-0.2, -0.15) is 0 Å². The standard InChI is InChI=1S/C14H20N2O3/c1-10-4-2-3-5-11(10)7-18-9-13-6-12(8-19-13)14(17)16-15/h2-3,6,8,10-11H,4-5,7,9,15H2,1H3,(H,16,17). The van der Waals surface area contributed by atoms with Gasteiger partial charge in [-0.25, -0.2) is 5.84 Å². The fraction of sp³-hybridized carbons (Fsp3) is 0.500. The number of ether oxygens (including phenoxy) is 1. The van der Waals surface area contributed by atoms with Crippen LogP contribution in [0.3, 0.4) is 0 Å².